The van der Waals surface area contributed by atoms with Gasteiger partial charge in [0, 0.05) is 0 Å². The van der Waals surface area contributed by atoms with Crippen molar-refractivity contribution in [1.29, 1.82) is 0 Å². The predicted molar refractivity (Wildman–Crippen MR) is 46.2 cm³/mol. The lowest BCUT2D eigenvalue weighted by Gasteiger charge is -2.07. The van der Waals surface area contributed by atoms with Gasteiger partial charge < -0.3 is 10.5 Å². The Hall–Kier alpha value is -0.660. The molecular formula is C7H11NO2S. The molecule has 4 heteroatoms. The van der Waals surface area contributed by atoms with Gasteiger partial charge >= 0.3 is 5.97 Å². The Morgan fingerprint density at radius 3 is 2.91 bits per heavy atom. The molecule has 11 heavy (non-hydrogen) atoms. The van der Waals surface area contributed by atoms with Crippen LogP contribution >= 0.6 is 12.6 Å². The van der Waals surface area contributed by atoms with Crippen molar-refractivity contribution in [2.45, 2.75) is 12.5 Å². The Bertz CT molecular complexity index is 164. The summed E-state index contributed by atoms with van der Waals surface area (Å²) in [5, 5.41) is 0. The lowest BCUT2D eigenvalue weighted by Crippen LogP contribution is -2.32. The Kier molecular flexibility index (Phi) is 5.71. The zero-order valence-corrected chi connectivity index (χ0v) is 7.01. The van der Waals surface area contributed by atoms with Gasteiger partial charge in [0.25, 0.3) is 0 Å². The van der Waals surface area contributed by atoms with Crippen LogP contribution in [0.1, 0.15) is 6.42 Å². The zero-order valence-electron chi connectivity index (χ0n) is 6.12. The van der Waals surface area contributed by atoms with Gasteiger partial charge in [-0.2, -0.15) is 12.6 Å². The number of nitrogens with two attached hydrogens (primary N) is 1. The fourth-order valence-corrected chi connectivity index (χ4v) is 0.755. The van der Waals surface area contributed by atoms with Crippen LogP contribution in [0.15, 0.2) is 0 Å². The lowest BCUT2D eigenvalue weighted by molar-refractivity contribution is -0.143. The number of carbonyl (C=O) groups excluding carboxylic acids is 1. The Morgan fingerprint density at radius 1 is 1.82 bits per heavy atom. The second-order valence-corrected chi connectivity index (χ2v) is 2.38. The molecule has 0 saturated carbocycles. The van der Waals surface area contributed by atoms with Crippen molar-refractivity contribution in [2.75, 3.05) is 12.4 Å². The first-order valence-corrected chi connectivity index (χ1v) is 3.82. The maximum atomic E-state index is 10.8. The van der Waals surface area contributed by atoms with Gasteiger partial charge in [-0.1, -0.05) is 5.92 Å². The van der Waals surface area contributed by atoms with Gasteiger partial charge in [0.1, 0.15) is 6.04 Å². The van der Waals surface area contributed by atoms with Crippen molar-refractivity contribution in [1.82, 2.24) is 0 Å². The number of hydrogen-bond acceptors (Lipinski definition) is 4. The summed E-state index contributed by atoms with van der Waals surface area (Å²) in [6.07, 6.45) is 5.37. The van der Waals surface area contributed by atoms with Crippen LogP contribution in [0.5, 0.6) is 0 Å². The zero-order chi connectivity index (χ0) is 8.69. The molecule has 0 aromatic heterocycles. The van der Waals surface area contributed by atoms with Gasteiger partial charge in [-0.05, 0) is 12.2 Å². The van der Waals surface area contributed by atoms with E-state index < -0.39 is 12.0 Å². The van der Waals surface area contributed by atoms with E-state index in [0.717, 1.165) is 0 Å². The van der Waals surface area contributed by atoms with Crippen molar-refractivity contribution in [3.05, 3.63) is 0 Å². The normalized spacial score (nSPS) is 11.7. The molecule has 0 radical (unpaired) electrons. The van der Waals surface area contributed by atoms with Crippen LogP contribution < -0.4 is 5.73 Å². The maximum absolute atomic E-state index is 10.8. The number of ether oxygens (including phenoxy) is 1. The highest BCUT2D eigenvalue weighted by atomic mass is 32.1. The predicted octanol–water partition coefficient (Wildman–Crippen LogP) is -0.190. The molecule has 1 atom stereocenters. The van der Waals surface area contributed by atoms with Crippen LogP contribution in [0, 0.1) is 12.3 Å². The van der Waals surface area contributed by atoms with E-state index in [2.05, 4.69) is 23.3 Å². The molecule has 0 aromatic rings. The molecule has 0 saturated heterocycles. The number of thiol groups is 1. The van der Waals surface area contributed by atoms with Crippen LogP contribution in [-0.2, 0) is 9.53 Å². The number of hydrogen-bond donors (Lipinski definition) is 2. The van der Waals surface area contributed by atoms with Crippen LogP contribution in [0.4, 0.5) is 0 Å². The van der Waals surface area contributed by atoms with Crippen LogP contribution in [0.25, 0.3) is 0 Å². The van der Waals surface area contributed by atoms with E-state index in [1.165, 1.54) is 0 Å². The minimum absolute atomic E-state index is 0.0148. The average molecular weight is 173 g/mol. The molecule has 0 rings (SSSR count). The molecule has 0 aliphatic rings. The summed E-state index contributed by atoms with van der Waals surface area (Å²) in [4.78, 5) is 10.8. The van der Waals surface area contributed by atoms with Gasteiger partial charge in [0.2, 0.25) is 0 Å². The minimum Gasteiger partial charge on any atom is -0.451 e. The highest BCUT2D eigenvalue weighted by Gasteiger charge is 2.12. The summed E-state index contributed by atoms with van der Waals surface area (Å²) in [5.41, 5.74) is 5.38. The Labute approximate surface area is 71.7 Å². The van der Waals surface area contributed by atoms with Gasteiger partial charge in [-0.3, -0.25) is 4.79 Å². The first-order chi connectivity index (χ1) is 5.22. The molecule has 0 fully saturated rings. The molecule has 1 unspecified atom stereocenters. The highest BCUT2D eigenvalue weighted by Crippen LogP contribution is 1.93. The molecule has 0 bridgehead atoms. The lowest BCUT2D eigenvalue weighted by atomic mass is 10.2. The van der Waals surface area contributed by atoms with E-state index in [-0.39, 0.29) is 6.61 Å². The first kappa shape index (κ1) is 10.3. The molecule has 62 valence electrons. The van der Waals surface area contributed by atoms with Crippen LogP contribution in [0.3, 0.4) is 0 Å². The monoisotopic (exact) mass is 173 g/mol. The Balaban J connectivity index is 3.57. The molecule has 3 nitrogen and oxygen atoms in total. The van der Waals surface area contributed by atoms with Crippen molar-refractivity contribution < 1.29 is 9.53 Å². The third-order valence-corrected chi connectivity index (χ3v) is 1.30. The number of esters is 1. The maximum Gasteiger partial charge on any atom is 0.323 e. The van der Waals surface area contributed by atoms with Crippen molar-refractivity contribution >= 4 is 18.6 Å². The summed E-state index contributed by atoms with van der Waals surface area (Å²) in [6, 6.07) is -0.596. The van der Waals surface area contributed by atoms with E-state index in [9.17, 15) is 4.79 Å². The highest BCUT2D eigenvalue weighted by molar-refractivity contribution is 7.80. The van der Waals surface area contributed by atoms with Gasteiger partial charge in [-0.15, -0.1) is 6.42 Å². The van der Waals surface area contributed by atoms with E-state index in [0.29, 0.717) is 12.2 Å². The minimum atomic E-state index is -0.596. The third-order valence-electron chi connectivity index (χ3n) is 1.04. The second-order valence-electron chi connectivity index (χ2n) is 1.93. The fraction of sp³-hybridized carbons (Fsp3) is 0.571. The summed E-state index contributed by atoms with van der Waals surface area (Å²) < 4.78 is 4.57. The van der Waals surface area contributed by atoms with E-state index >= 15 is 0 Å². The first-order valence-electron chi connectivity index (χ1n) is 3.19. The molecular weight excluding hydrogens is 162 g/mol. The molecule has 0 amide bonds. The smallest absolute Gasteiger partial charge is 0.323 e. The van der Waals surface area contributed by atoms with Crippen molar-refractivity contribution in [3.63, 3.8) is 0 Å². The van der Waals surface area contributed by atoms with Crippen molar-refractivity contribution in [3.8, 4) is 12.3 Å². The van der Waals surface area contributed by atoms with Crippen LogP contribution in [-0.4, -0.2) is 24.4 Å². The fourth-order valence-electron chi connectivity index (χ4n) is 0.477. The number of rotatable bonds is 4. The molecule has 0 aromatic carbocycles. The summed E-state index contributed by atoms with van der Waals surface area (Å²) in [7, 11) is 0. The summed E-state index contributed by atoms with van der Waals surface area (Å²) in [5.74, 6) is 2.28. The Morgan fingerprint density at radius 2 is 2.45 bits per heavy atom. The topological polar surface area (TPSA) is 52.3 Å². The molecule has 0 spiro atoms. The summed E-state index contributed by atoms with van der Waals surface area (Å²) in [6.45, 7) is -0.0148. The molecule has 0 aliphatic carbocycles. The van der Waals surface area contributed by atoms with Crippen molar-refractivity contribution in [2.24, 2.45) is 5.73 Å². The molecule has 0 heterocycles. The molecule has 2 N–H and O–H groups in total. The van der Waals surface area contributed by atoms with Crippen LogP contribution in [0.2, 0.25) is 0 Å². The number of carbonyl (C=O) groups is 1. The summed E-state index contributed by atoms with van der Waals surface area (Å²) >= 11 is 3.92. The van der Waals surface area contributed by atoms with E-state index in [1.54, 1.807) is 0 Å². The van der Waals surface area contributed by atoms with E-state index in [1.807, 2.05) is 0 Å². The second kappa shape index (κ2) is 6.08. The van der Waals surface area contributed by atoms with E-state index in [4.69, 9.17) is 12.2 Å². The quantitative estimate of drug-likeness (QED) is 0.352. The SMILES string of the molecule is C#CCOC(=O)C(N)CCS. The average Bonchev–Trinajstić information content (AvgIpc) is 2.00. The largest absolute Gasteiger partial charge is 0.451 e. The third kappa shape index (κ3) is 4.71. The standard InChI is InChI=1S/C7H11NO2S/c1-2-4-10-7(9)6(8)3-5-11/h1,6,11H,3-5,8H2. The molecule has 0 aliphatic heterocycles. The van der Waals surface area contributed by atoms with Gasteiger partial charge in [0.15, 0.2) is 6.61 Å². The number of terminal acetylenes is 1. The van der Waals surface area contributed by atoms with Gasteiger partial charge in [0.05, 0.1) is 0 Å². The van der Waals surface area contributed by atoms with Gasteiger partial charge in [-0.25, -0.2) is 0 Å².